The average molecular weight is 256 g/mol. The van der Waals surface area contributed by atoms with Gasteiger partial charge in [0.25, 0.3) is 5.56 Å². The topological polar surface area (TPSA) is 50.7 Å². The van der Waals surface area contributed by atoms with E-state index < -0.39 is 0 Å². The summed E-state index contributed by atoms with van der Waals surface area (Å²) in [6.07, 6.45) is 0. The van der Waals surface area contributed by atoms with Crippen molar-refractivity contribution in [3.05, 3.63) is 26.7 Å². The van der Waals surface area contributed by atoms with Gasteiger partial charge < -0.3 is 0 Å². The first-order valence-corrected chi connectivity index (χ1v) is 5.18. The van der Waals surface area contributed by atoms with Crippen LogP contribution in [0.3, 0.4) is 0 Å². The van der Waals surface area contributed by atoms with Crippen molar-refractivity contribution in [2.24, 2.45) is 0 Å². The Morgan fingerprint density at radius 3 is 3.00 bits per heavy atom. The lowest BCUT2D eigenvalue weighted by Crippen LogP contribution is -2.03. The van der Waals surface area contributed by atoms with Gasteiger partial charge in [-0.2, -0.15) is 0 Å². The van der Waals surface area contributed by atoms with Crippen molar-refractivity contribution >= 4 is 26.8 Å². The Balaban J connectivity index is 2.97. The number of hydrogen-bond acceptors (Lipinski definition) is 2. The Labute approximate surface area is 89.1 Å². The van der Waals surface area contributed by atoms with E-state index in [0.29, 0.717) is 9.99 Å². The quantitative estimate of drug-likeness (QED) is 0.791. The summed E-state index contributed by atoms with van der Waals surface area (Å²) in [5.41, 5.74) is 1.61. The second-order valence-electron chi connectivity index (χ2n) is 3.14. The lowest BCUT2D eigenvalue weighted by atomic mass is 10.3. The first-order chi connectivity index (χ1) is 6.63. The Kier molecular flexibility index (Phi) is 2.19. The molecule has 0 saturated carbocycles. The SMILES string of the molecule is CCn1[nH]c(=O)c2cc(C)nc(Br)c21. The van der Waals surface area contributed by atoms with Gasteiger partial charge in [0.2, 0.25) is 0 Å². The van der Waals surface area contributed by atoms with Gasteiger partial charge in [-0.15, -0.1) is 0 Å². The zero-order chi connectivity index (χ0) is 10.3. The zero-order valence-corrected chi connectivity index (χ0v) is 9.55. The molecule has 2 rings (SSSR count). The third-order valence-electron chi connectivity index (χ3n) is 2.15. The smallest absolute Gasteiger partial charge is 0.272 e. The lowest BCUT2D eigenvalue weighted by Gasteiger charge is -2.01. The summed E-state index contributed by atoms with van der Waals surface area (Å²) >= 11 is 3.36. The third-order valence-corrected chi connectivity index (χ3v) is 2.70. The van der Waals surface area contributed by atoms with E-state index in [9.17, 15) is 4.79 Å². The number of aryl methyl sites for hydroxylation is 2. The van der Waals surface area contributed by atoms with Crippen LogP contribution in [0.4, 0.5) is 0 Å². The van der Waals surface area contributed by atoms with Crippen LogP contribution < -0.4 is 5.56 Å². The molecule has 5 heteroatoms. The normalized spacial score (nSPS) is 11.1. The molecule has 4 nitrogen and oxygen atoms in total. The zero-order valence-electron chi connectivity index (χ0n) is 7.97. The molecule has 2 aromatic heterocycles. The van der Waals surface area contributed by atoms with Gasteiger partial charge >= 0.3 is 0 Å². The number of pyridine rings is 1. The van der Waals surface area contributed by atoms with Gasteiger partial charge in [-0.25, -0.2) is 4.98 Å². The van der Waals surface area contributed by atoms with Crippen LogP contribution in [-0.4, -0.2) is 14.8 Å². The number of halogens is 1. The van der Waals surface area contributed by atoms with E-state index in [2.05, 4.69) is 26.0 Å². The molecule has 0 unspecified atom stereocenters. The molecule has 0 bridgehead atoms. The summed E-state index contributed by atoms with van der Waals surface area (Å²) in [7, 11) is 0. The first kappa shape index (κ1) is 9.45. The number of nitrogens with zero attached hydrogens (tertiary/aromatic N) is 2. The Bertz CT molecular complexity index is 541. The molecule has 1 N–H and O–H groups in total. The van der Waals surface area contributed by atoms with Gasteiger partial charge in [-0.05, 0) is 35.8 Å². The van der Waals surface area contributed by atoms with Crippen LogP contribution in [0.15, 0.2) is 15.5 Å². The van der Waals surface area contributed by atoms with Gasteiger partial charge in [0.15, 0.2) is 0 Å². The Morgan fingerprint density at radius 1 is 1.64 bits per heavy atom. The van der Waals surface area contributed by atoms with E-state index in [0.717, 1.165) is 17.8 Å². The molecule has 2 heterocycles. The summed E-state index contributed by atoms with van der Waals surface area (Å²) in [5, 5.41) is 3.45. The number of fused-ring (bicyclic) bond motifs is 1. The Morgan fingerprint density at radius 2 is 2.36 bits per heavy atom. The Hall–Kier alpha value is -1.10. The molecule has 0 aromatic carbocycles. The molecule has 0 aliphatic rings. The summed E-state index contributed by atoms with van der Waals surface area (Å²) in [6.45, 7) is 4.57. The first-order valence-electron chi connectivity index (χ1n) is 4.39. The van der Waals surface area contributed by atoms with Crippen molar-refractivity contribution in [1.82, 2.24) is 14.8 Å². The fourth-order valence-corrected chi connectivity index (χ4v) is 2.24. The predicted octanol–water partition coefficient (Wildman–Crippen LogP) is 1.82. The molecule has 0 atom stereocenters. The second kappa shape index (κ2) is 3.24. The average Bonchev–Trinajstić information content (AvgIpc) is 2.43. The maximum Gasteiger partial charge on any atom is 0.272 e. The highest BCUT2D eigenvalue weighted by atomic mass is 79.9. The number of nitrogens with one attached hydrogen (secondary N) is 1. The van der Waals surface area contributed by atoms with Crippen LogP contribution in [0.1, 0.15) is 12.6 Å². The number of rotatable bonds is 1. The van der Waals surface area contributed by atoms with Gasteiger partial charge in [0, 0.05) is 12.2 Å². The monoisotopic (exact) mass is 255 g/mol. The van der Waals surface area contributed by atoms with Gasteiger partial charge in [-0.1, -0.05) is 0 Å². The molecule has 14 heavy (non-hydrogen) atoms. The molecular formula is C9H10BrN3O. The molecule has 0 spiro atoms. The molecule has 0 aliphatic carbocycles. The highest BCUT2D eigenvalue weighted by molar-refractivity contribution is 9.10. The van der Waals surface area contributed by atoms with E-state index in [1.54, 1.807) is 10.7 Å². The summed E-state index contributed by atoms with van der Waals surface area (Å²) < 4.78 is 2.50. The van der Waals surface area contributed by atoms with Gasteiger partial charge in [-0.3, -0.25) is 14.6 Å². The molecule has 0 amide bonds. The lowest BCUT2D eigenvalue weighted by molar-refractivity contribution is 0.673. The largest absolute Gasteiger partial charge is 0.282 e. The van der Waals surface area contributed by atoms with E-state index in [4.69, 9.17) is 0 Å². The minimum absolute atomic E-state index is 0.0620. The minimum Gasteiger partial charge on any atom is -0.282 e. The maximum absolute atomic E-state index is 11.5. The number of H-pyrrole nitrogens is 1. The molecule has 0 radical (unpaired) electrons. The standard InChI is InChI=1S/C9H10BrN3O/c1-3-13-7-6(9(14)12-13)4-5(2)11-8(7)10/h4H,3H2,1-2H3,(H,12,14). The third kappa shape index (κ3) is 1.28. The molecule has 0 aliphatic heterocycles. The second-order valence-corrected chi connectivity index (χ2v) is 3.89. The maximum atomic E-state index is 11.5. The van der Waals surface area contributed by atoms with Gasteiger partial charge in [0.05, 0.1) is 5.39 Å². The van der Waals surface area contributed by atoms with Gasteiger partial charge in [0.1, 0.15) is 10.1 Å². The van der Waals surface area contributed by atoms with Crippen LogP contribution in [0.25, 0.3) is 10.9 Å². The van der Waals surface area contributed by atoms with E-state index in [1.165, 1.54) is 0 Å². The highest BCUT2D eigenvalue weighted by Crippen LogP contribution is 2.20. The molecular weight excluding hydrogens is 246 g/mol. The molecule has 74 valence electrons. The van der Waals surface area contributed by atoms with E-state index in [-0.39, 0.29) is 5.56 Å². The summed E-state index contributed by atoms with van der Waals surface area (Å²) in [5.74, 6) is 0. The minimum atomic E-state index is -0.0620. The number of aromatic nitrogens is 3. The van der Waals surface area contributed by atoms with Crippen molar-refractivity contribution in [3.8, 4) is 0 Å². The fraction of sp³-hybridized carbons (Fsp3) is 0.333. The summed E-state index contributed by atoms with van der Waals surface area (Å²) in [6, 6.07) is 1.80. The summed E-state index contributed by atoms with van der Waals surface area (Å²) in [4.78, 5) is 15.8. The van der Waals surface area contributed by atoms with Crippen LogP contribution in [-0.2, 0) is 6.54 Å². The van der Waals surface area contributed by atoms with Crippen molar-refractivity contribution in [1.29, 1.82) is 0 Å². The van der Waals surface area contributed by atoms with Crippen LogP contribution in [0.2, 0.25) is 0 Å². The number of aromatic amines is 1. The van der Waals surface area contributed by atoms with E-state index >= 15 is 0 Å². The highest BCUT2D eigenvalue weighted by Gasteiger charge is 2.10. The fourth-order valence-electron chi connectivity index (χ4n) is 1.53. The van der Waals surface area contributed by atoms with Crippen molar-refractivity contribution in [2.45, 2.75) is 20.4 Å². The molecule has 0 fully saturated rings. The van der Waals surface area contributed by atoms with Crippen LogP contribution in [0.5, 0.6) is 0 Å². The van der Waals surface area contributed by atoms with Crippen molar-refractivity contribution in [2.75, 3.05) is 0 Å². The van der Waals surface area contributed by atoms with Crippen molar-refractivity contribution in [3.63, 3.8) is 0 Å². The molecule has 0 saturated heterocycles. The van der Waals surface area contributed by atoms with Crippen molar-refractivity contribution < 1.29 is 0 Å². The van der Waals surface area contributed by atoms with Crippen LogP contribution >= 0.6 is 15.9 Å². The molecule has 2 aromatic rings. The van der Waals surface area contributed by atoms with E-state index in [1.807, 2.05) is 13.8 Å². The van der Waals surface area contributed by atoms with Crippen LogP contribution in [0, 0.1) is 6.92 Å². The predicted molar refractivity (Wildman–Crippen MR) is 58.5 cm³/mol. The number of hydrogen-bond donors (Lipinski definition) is 1.